The third-order valence-electron chi connectivity index (χ3n) is 8.10. The van der Waals surface area contributed by atoms with Crippen LogP contribution in [0.3, 0.4) is 0 Å². The fourth-order valence-corrected chi connectivity index (χ4v) is 6.38. The van der Waals surface area contributed by atoms with Crippen LogP contribution in [0.25, 0.3) is 61.3 Å². The summed E-state index contributed by atoms with van der Waals surface area (Å²) in [6, 6.07) is 42.2. The molecule has 0 fully saturated rings. The maximum absolute atomic E-state index is 3.87. The third-order valence-corrected chi connectivity index (χ3v) is 8.10. The molecule has 184 valence electrons. The number of para-hydroxylation sites is 3. The number of nitrogens with zero attached hydrogens (tertiary/aromatic N) is 2. The lowest BCUT2D eigenvalue weighted by Gasteiger charge is -2.13. The SMILES string of the molecule is C=C/C=C\c1cc2ccccc2n1-c1ccc2c(c1)-c1cc(-n3c4ccccc4c4ccccc43)ccc1C2. The van der Waals surface area contributed by atoms with Gasteiger partial charge in [-0.15, -0.1) is 0 Å². The highest BCUT2D eigenvalue weighted by Crippen LogP contribution is 2.41. The first-order valence-electron chi connectivity index (χ1n) is 13.4. The van der Waals surface area contributed by atoms with Gasteiger partial charge in [0, 0.05) is 33.2 Å². The zero-order chi connectivity index (χ0) is 25.9. The summed E-state index contributed by atoms with van der Waals surface area (Å²) in [5, 5.41) is 3.81. The highest BCUT2D eigenvalue weighted by molar-refractivity contribution is 6.09. The van der Waals surface area contributed by atoms with Crippen LogP contribution in [0.4, 0.5) is 0 Å². The van der Waals surface area contributed by atoms with Gasteiger partial charge in [-0.1, -0.05) is 85.5 Å². The first kappa shape index (κ1) is 22.0. The summed E-state index contributed by atoms with van der Waals surface area (Å²) in [5.74, 6) is 0. The van der Waals surface area contributed by atoms with Gasteiger partial charge in [-0.25, -0.2) is 0 Å². The molecule has 2 heterocycles. The molecular weight excluding hydrogens is 472 g/mol. The highest BCUT2D eigenvalue weighted by Gasteiger charge is 2.22. The number of allylic oxidation sites excluding steroid dienone is 2. The molecule has 39 heavy (non-hydrogen) atoms. The van der Waals surface area contributed by atoms with Gasteiger partial charge in [0.2, 0.25) is 0 Å². The van der Waals surface area contributed by atoms with E-state index in [-0.39, 0.29) is 0 Å². The van der Waals surface area contributed by atoms with Gasteiger partial charge in [-0.05, 0) is 83.3 Å². The Morgan fingerprint density at radius 1 is 0.564 bits per heavy atom. The maximum Gasteiger partial charge on any atom is 0.0541 e. The van der Waals surface area contributed by atoms with Crippen molar-refractivity contribution in [1.29, 1.82) is 0 Å². The Kier molecular flexibility index (Phi) is 4.77. The molecule has 2 nitrogen and oxygen atoms in total. The average Bonchev–Trinajstić information content (AvgIpc) is 3.64. The highest BCUT2D eigenvalue weighted by atomic mass is 15.0. The van der Waals surface area contributed by atoms with Crippen molar-refractivity contribution in [2.45, 2.75) is 6.42 Å². The molecule has 0 spiro atoms. The summed E-state index contributed by atoms with van der Waals surface area (Å²) >= 11 is 0. The second-order valence-electron chi connectivity index (χ2n) is 10.3. The van der Waals surface area contributed by atoms with Crippen molar-refractivity contribution < 1.29 is 0 Å². The zero-order valence-corrected chi connectivity index (χ0v) is 21.5. The molecule has 2 aromatic heterocycles. The Balaban J connectivity index is 1.33. The van der Waals surface area contributed by atoms with E-state index < -0.39 is 0 Å². The van der Waals surface area contributed by atoms with Crippen molar-refractivity contribution in [3.05, 3.63) is 151 Å². The summed E-state index contributed by atoms with van der Waals surface area (Å²) in [7, 11) is 0. The maximum atomic E-state index is 3.87. The van der Waals surface area contributed by atoms with Crippen molar-refractivity contribution in [3.63, 3.8) is 0 Å². The molecule has 0 saturated carbocycles. The lowest BCUT2D eigenvalue weighted by molar-refractivity contribution is 1.10. The standard InChI is InChI=1S/C37H26N2/c1-2-3-11-28-22-27-10-4-7-14-35(27)38(28)29-19-17-25-21-26-18-20-30(24-34(26)33(25)23-29)39-36-15-8-5-12-31(36)32-13-6-9-16-37(32)39/h2-20,22-24H,1,21H2/b11-3-. The Hall–Kier alpha value is -5.08. The molecule has 1 aliphatic rings. The van der Waals surface area contributed by atoms with Crippen LogP contribution in [0, 0.1) is 0 Å². The quantitative estimate of drug-likeness (QED) is 0.214. The zero-order valence-electron chi connectivity index (χ0n) is 21.5. The van der Waals surface area contributed by atoms with Crippen LogP contribution < -0.4 is 0 Å². The van der Waals surface area contributed by atoms with Crippen LogP contribution in [0.2, 0.25) is 0 Å². The molecule has 2 heteroatoms. The lowest BCUT2D eigenvalue weighted by Crippen LogP contribution is -1.97. The molecule has 0 radical (unpaired) electrons. The topological polar surface area (TPSA) is 9.86 Å². The summed E-state index contributed by atoms with van der Waals surface area (Å²) in [6.07, 6.45) is 6.94. The van der Waals surface area contributed by atoms with Crippen molar-refractivity contribution in [1.82, 2.24) is 9.13 Å². The molecule has 0 atom stereocenters. The molecule has 0 bridgehead atoms. The minimum absolute atomic E-state index is 0.966. The fourth-order valence-electron chi connectivity index (χ4n) is 6.38. The van der Waals surface area contributed by atoms with Crippen LogP contribution >= 0.6 is 0 Å². The van der Waals surface area contributed by atoms with E-state index >= 15 is 0 Å². The normalized spacial score (nSPS) is 12.5. The van der Waals surface area contributed by atoms with Gasteiger partial charge < -0.3 is 9.13 Å². The molecule has 0 unspecified atom stereocenters. The minimum atomic E-state index is 0.966. The van der Waals surface area contributed by atoms with Crippen LogP contribution in [-0.4, -0.2) is 9.13 Å². The number of hydrogen-bond donors (Lipinski definition) is 0. The van der Waals surface area contributed by atoms with E-state index in [1.165, 1.54) is 66.3 Å². The molecule has 1 aliphatic carbocycles. The van der Waals surface area contributed by atoms with Crippen LogP contribution in [0.15, 0.2) is 134 Å². The van der Waals surface area contributed by atoms with E-state index in [1.54, 1.807) is 0 Å². The van der Waals surface area contributed by atoms with Crippen molar-refractivity contribution in [3.8, 4) is 22.5 Å². The second-order valence-corrected chi connectivity index (χ2v) is 10.3. The minimum Gasteiger partial charge on any atom is -0.310 e. The monoisotopic (exact) mass is 498 g/mol. The van der Waals surface area contributed by atoms with Crippen molar-refractivity contribution in [2.75, 3.05) is 0 Å². The second kappa shape index (κ2) is 8.47. The molecule has 5 aromatic carbocycles. The number of hydrogen-bond acceptors (Lipinski definition) is 0. The number of aromatic nitrogens is 2. The molecular formula is C37H26N2. The van der Waals surface area contributed by atoms with Crippen molar-refractivity contribution in [2.24, 2.45) is 0 Å². The molecule has 0 amide bonds. The van der Waals surface area contributed by atoms with Gasteiger partial charge in [0.15, 0.2) is 0 Å². The molecule has 8 rings (SSSR count). The van der Waals surface area contributed by atoms with E-state index in [4.69, 9.17) is 0 Å². The molecule has 7 aromatic rings. The molecule has 0 saturated heterocycles. The van der Waals surface area contributed by atoms with Crippen molar-refractivity contribution >= 4 is 38.8 Å². The van der Waals surface area contributed by atoms with E-state index in [9.17, 15) is 0 Å². The number of benzene rings is 5. The Morgan fingerprint density at radius 2 is 1.13 bits per heavy atom. The lowest BCUT2D eigenvalue weighted by atomic mass is 10.0. The summed E-state index contributed by atoms with van der Waals surface area (Å²) in [4.78, 5) is 0. The summed E-state index contributed by atoms with van der Waals surface area (Å²) < 4.78 is 4.76. The van der Waals surface area contributed by atoms with Gasteiger partial charge >= 0.3 is 0 Å². The molecule has 0 aliphatic heterocycles. The van der Waals surface area contributed by atoms with Gasteiger partial charge in [0.25, 0.3) is 0 Å². The van der Waals surface area contributed by atoms with Gasteiger partial charge in [0.1, 0.15) is 0 Å². The first-order valence-corrected chi connectivity index (χ1v) is 13.4. The molecule has 0 N–H and O–H groups in total. The largest absolute Gasteiger partial charge is 0.310 e. The van der Waals surface area contributed by atoms with E-state index in [0.717, 1.165) is 12.1 Å². The predicted octanol–water partition coefficient (Wildman–Crippen LogP) is 9.50. The average molecular weight is 499 g/mol. The third kappa shape index (κ3) is 3.28. The smallest absolute Gasteiger partial charge is 0.0541 e. The fraction of sp³-hybridized carbons (Fsp3) is 0.0270. The number of fused-ring (bicyclic) bond motifs is 7. The van der Waals surface area contributed by atoms with Crippen LogP contribution in [0.1, 0.15) is 16.8 Å². The Labute approximate surface area is 227 Å². The van der Waals surface area contributed by atoms with E-state index in [1.807, 2.05) is 12.2 Å². The Morgan fingerprint density at radius 3 is 1.77 bits per heavy atom. The first-order chi connectivity index (χ1) is 19.3. The van der Waals surface area contributed by atoms with Crippen LogP contribution in [0.5, 0.6) is 0 Å². The van der Waals surface area contributed by atoms with E-state index in [2.05, 4.69) is 137 Å². The van der Waals surface area contributed by atoms with Gasteiger partial charge in [-0.3, -0.25) is 0 Å². The van der Waals surface area contributed by atoms with E-state index in [0.29, 0.717) is 0 Å². The summed E-state index contributed by atoms with van der Waals surface area (Å²) in [6.45, 7) is 3.87. The number of rotatable bonds is 4. The van der Waals surface area contributed by atoms with Gasteiger partial charge in [-0.2, -0.15) is 0 Å². The van der Waals surface area contributed by atoms with Gasteiger partial charge in [0.05, 0.1) is 16.6 Å². The predicted molar refractivity (Wildman–Crippen MR) is 165 cm³/mol. The Bertz CT molecular complexity index is 2060. The van der Waals surface area contributed by atoms with Crippen LogP contribution in [-0.2, 0) is 6.42 Å². The summed E-state index contributed by atoms with van der Waals surface area (Å²) in [5.41, 5.74) is 12.6.